The van der Waals surface area contributed by atoms with Gasteiger partial charge in [0, 0.05) is 44.9 Å². The third-order valence-corrected chi connectivity index (χ3v) is 3.48. The van der Waals surface area contributed by atoms with Crippen LogP contribution in [0.2, 0.25) is 0 Å². The lowest BCUT2D eigenvalue weighted by Gasteiger charge is -2.08. The van der Waals surface area contributed by atoms with Crippen molar-refractivity contribution in [1.29, 1.82) is 0 Å². The van der Waals surface area contributed by atoms with Crippen molar-refractivity contribution in [3.63, 3.8) is 0 Å². The Labute approximate surface area is 139 Å². The lowest BCUT2D eigenvalue weighted by atomic mass is 10.3. The molecule has 1 amide bonds. The van der Waals surface area contributed by atoms with Gasteiger partial charge >= 0.3 is 0 Å². The number of pyridine rings is 1. The molecule has 3 aromatic rings. The lowest BCUT2D eigenvalue weighted by molar-refractivity contribution is 0.0949. The molecule has 3 heterocycles. The van der Waals surface area contributed by atoms with E-state index >= 15 is 0 Å². The standard InChI is InChI=1S/C16H18N6O2/c1-21-11-12(16(20-21)24-2)15(23)19-8-10-22-9-7-18-14(22)13-5-3-4-6-17-13/h3-7,9,11H,8,10H2,1-2H3,(H,19,23). The Morgan fingerprint density at radius 2 is 2.17 bits per heavy atom. The number of aryl methyl sites for hydroxylation is 1. The highest BCUT2D eigenvalue weighted by atomic mass is 16.5. The fraction of sp³-hybridized carbons (Fsp3) is 0.250. The molecule has 0 radical (unpaired) electrons. The van der Waals surface area contributed by atoms with Crippen LogP contribution in [-0.4, -0.2) is 43.9 Å². The highest BCUT2D eigenvalue weighted by Gasteiger charge is 2.16. The number of carbonyl (C=O) groups is 1. The highest BCUT2D eigenvalue weighted by molar-refractivity contribution is 5.96. The highest BCUT2D eigenvalue weighted by Crippen LogP contribution is 2.15. The number of nitrogens with zero attached hydrogens (tertiary/aromatic N) is 5. The predicted molar refractivity (Wildman–Crippen MR) is 87.6 cm³/mol. The Morgan fingerprint density at radius 3 is 2.92 bits per heavy atom. The Bertz CT molecular complexity index is 824. The van der Waals surface area contributed by atoms with Crippen LogP contribution in [0.25, 0.3) is 11.5 Å². The topological polar surface area (TPSA) is 86.9 Å². The number of methoxy groups -OCH3 is 1. The molecule has 0 bridgehead atoms. The minimum Gasteiger partial charge on any atom is -0.479 e. The molecule has 8 nitrogen and oxygen atoms in total. The monoisotopic (exact) mass is 326 g/mol. The molecule has 0 saturated heterocycles. The zero-order chi connectivity index (χ0) is 16.9. The molecule has 0 saturated carbocycles. The van der Waals surface area contributed by atoms with Gasteiger partial charge in [-0.2, -0.15) is 0 Å². The van der Waals surface area contributed by atoms with E-state index in [0.717, 1.165) is 11.5 Å². The molecule has 24 heavy (non-hydrogen) atoms. The Balaban J connectivity index is 1.63. The molecular formula is C16H18N6O2. The number of hydrogen-bond donors (Lipinski definition) is 1. The number of nitrogens with one attached hydrogen (secondary N) is 1. The van der Waals surface area contributed by atoms with Crippen LogP contribution in [0, 0.1) is 0 Å². The quantitative estimate of drug-likeness (QED) is 0.733. The second-order valence-corrected chi connectivity index (χ2v) is 5.14. The summed E-state index contributed by atoms with van der Waals surface area (Å²) in [5.41, 5.74) is 1.21. The van der Waals surface area contributed by atoms with Gasteiger partial charge in [-0.25, -0.2) is 4.98 Å². The molecule has 3 aromatic heterocycles. The summed E-state index contributed by atoms with van der Waals surface area (Å²) in [6, 6.07) is 5.67. The number of carbonyl (C=O) groups excluding carboxylic acids is 1. The summed E-state index contributed by atoms with van der Waals surface area (Å²) in [6.45, 7) is 1.04. The largest absolute Gasteiger partial charge is 0.479 e. The van der Waals surface area contributed by atoms with Crippen LogP contribution in [0.5, 0.6) is 5.88 Å². The Kier molecular flexibility index (Phi) is 4.55. The van der Waals surface area contributed by atoms with Crippen molar-refractivity contribution >= 4 is 5.91 Å². The zero-order valence-corrected chi connectivity index (χ0v) is 13.5. The second-order valence-electron chi connectivity index (χ2n) is 5.14. The van der Waals surface area contributed by atoms with E-state index in [0.29, 0.717) is 24.5 Å². The first-order chi connectivity index (χ1) is 11.7. The van der Waals surface area contributed by atoms with Gasteiger partial charge in [0.25, 0.3) is 5.91 Å². The first-order valence-electron chi connectivity index (χ1n) is 7.47. The summed E-state index contributed by atoms with van der Waals surface area (Å²) in [7, 11) is 3.23. The first-order valence-corrected chi connectivity index (χ1v) is 7.47. The molecule has 0 aliphatic rings. The average Bonchev–Trinajstić information content (AvgIpc) is 3.21. The van der Waals surface area contributed by atoms with E-state index in [9.17, 15) is 4.79 Å². The van der Waals surface area contributed by atoms with Crippen molar-refractivity contribution < 1.29 is 9.53 Å². The van der Waals surface area contributed by atoms with E-state index in [1.165, 1.54) is 7.11 Å². The van der Waals surface area contributed by atoms with Crippen molar-refractivity contribution in [3.8, 4) is 17.4 Å². The van der Waals surface area contributed by atoms with Gasteiger partial charge in [-0.05, 0) is 12.1 Å². The molecule has 0 aliphatic heterocycles. The zero-order valence-electron chi connectivity index (χ0n) is 13.5. The van der Waals surface area contributed by atoms with Gasteiger partial charge in [0.1, 0.15) is 11.3 Å². The van der Waals surface area contributed by atoms with E-state index < -0.39 is 0 Å². The minimum atomic E-state index is -0.223. The first kappa shape index (κ1) is 15.7. The fourth-order valence-corrected chi connectivity index (χ4v) is 2.38. The summed E-state index contributed by atoms with van der Waals surface area (Å²) < 4.78 is 8.59. The number of rotatable bonds is 6. The number of ether oxygens (including phenoxy) is 1. The van der Waals surface area contributed by atoms with Crippen LogP contribution in [-0.2, 0) is 13.6 Å². The predicted octanol–water partition coefficient (Wildman–Crippen LogP) is 1.12. The average molecular weight is 326 g/mol. The van der Waals surface area contributed by atoms with Crippen LogP contribution in [0.1, 0.15) is 10.4 Å². The van der Waals surface area contributed by atoms with E-state index in [1.807, 2.05) is 29.0 Å². The van der Waals surface area contributed by atoms with Crippen molar-refractivity contribution in [3.05, 3.63) is 48.5 Å². The third kappa shape index (κ3) is 3.27. The van der Waals surface area contributed by atoms with Crippen LogP contribution in [0.15, 0.2) is 43.0 Å². The maximum Gasteiger partial charge on any atom is 0.258 e. The molecule has 0 atom stereocenters. The maximum absolute atomic E-state index is 12.2. The SMILES string of the molecule is COc1nn(C)cc1C(=O)NCCn1ccnc1-c1ccccn1. The van der Waals surface area contributed by atoms with Crippen LogP contribution < -0.4 is 10.1 Å². The van der Waals surface area contributed by atoms with E-state index in [-0.39, 0.29) is 5.91 Å². The molecule has 1 N–H and O–H groups in total. The number of imidazole rings is 1. The Hall–Kier alpha value is -3.16. The number of aromatic nitrogens is 5. The molecular weight excluding hydrogens is 308 g/mol. The smallest absolute Gasteiger partial charge is 0.258 e. The summed E-state index contributed by atoms with van der Waals surface area (Å²) in [5, 5.41) is 6.93. The summed E-state index contributed by atoms with van der Waals surface area (Å²) in [5.74, 6) is 0.857. The van der Waals surface area contributed by atoms with E-state index in [4.69, 9.17) is 4.74 Å². The van der Waals surface area contributed by atoms with Crippen molar-refractivity contribution in [2.45, 2.75) is 6.54 Å². The van der Waals surface area contributed by atoms with Gasteiger partial charge in [-0.1, -0.05) is 6.07 Å². The molecule has 124 valence electrons. The van der Waals surface area contributed by atoms with Gasteiger partial charge in [-0.3, -0.25) is 14.5 Å². The number of hydrogen-bond acceptors (Lipinski definition) is 5. The maximum atomic E-state index is 12.2. The molecule has 0 unspecified atom stereocenters. The summed E-state index contributed by atoms with van der Waals surface area (Å²) in [6.07, 6.45) is 6.94. The van der Waals surface area contributed by atoms with Gasteiger partial charge in [0.15, 0.2) is 5.82 Å². The van der Waals surface area contributed by atoms with Crippen molar-refractivity contribution in [2.75, 3.05) is 13.7 Å². The third-order valence-electron chi connectivity index (χ3n) is 3.48. The van der Waals surface area contributed by atoms with Crippen molar-refractivity contribution in [1.82, 2.24) is 29.6 Å². The summed E-state index contributed by atoms with van der Waals surface area (Å²) >= 11 is 0. The summed E-state index contributed by atoms with van der Waals surface area (Å²) in [4.78, 5) is 20.9. The van der Waals surface area contributed by atoms with Crippen LogP contribution in [0.3, 0.4) is 0 Å². The van der Waals surface area contributed by atoms with Gasteiger partial charge in [0.05, 0.1) is 7.11 Å². The minimum absolute atomic E-state index is 0.223. The van der Waals surface area contributed by atoms with Gasteiger partial charge in [0.2, 0.25) is 5.88 Å². The van der Waals surface area contributed by atoms with E-state index in [2.05, 4.69) is 20.4 Å². The Morgan fingerprint density at radius 1 is 1.29 bits per heavy atom. The molecule has 0 fully saturated rings. The molecule has 8 heteroatoms. The van der Waals surface area contributed by atoms with Gasteiger partial charge in [-0.15, -0.1) is 5.10 Å². The lowest BCUT2D eigenvalue weighted by Crippen LogP contribution is -2.27. The van der Waals surface area contributed by atoms with E-state index in [1.54, 1.807) is 30.3 Å². The van der Waals surface area contributed by atoms with Crippen LogP contribution >= 0.6 is 0 Å². The molecule has 0 aromatic carbocycles. The van der Waals surface area contributed by atoms with Crippen LogP contribution in [0.4, 0.5) is 0 Å². The number of amides is 1. The van der Waals surface area contributed by atoms with Gasteiger partial charge < -0.3 is 14.6 Å². The second kappa shape index (κ2) is 6.95. The molecule has 0 spiro atoms. The molecule has 3 rings (SSSR count). The fourth-order valence-electron chi connectivity index (χ4n) is 2.38. The normalized spacial score (nSPS) is 10.6. The molecule has 0 aliphatic carbocycles. The van der Waals surface area contributed by atoms with Crippen molar-refractivity contribution in [2.24, 2.45) is 7.05 Å².